The highest BCUT2D eigenvalue weighted by Crippen LogP contribution is 2.28. The summed E-state index contributed by atoms with van der Waals surface area (Å²) in [5.41, 5.74) is 2.88. The molecular formula is C22H24FN5O2. The molecule has 2 N–H and O–H groups in total. The van der Waals surface area contributed by atoms with Gasteiger partial charge in [0.1, 0.15) is 11.6 Å². The van der Waals surface area contributed by atoms with Gasteiger partial charge in [0.05, 0.1) is 24.7 Å². The van der Waals surface area contributed by atoms with Crippen molar-refractivity contribution >= 4 is 5.91 Å². The number of H-pyrrole nitrogens is 1. The van der Waals surface area contributed by atoms with E-state index in [9.17, 15) is 9.18 Å². The largest absolute Gasteiger partial charge is 0.497 e. The molecule has 1 fully saturated rings. The average molecular weight is 409 g/mol. The van der Waals surface area contributed by atoms with Crippen LogP contribution < -0.4 is 10.1 Å². The first-order chi connectivity index (χ1) is 14.6. The van der Waals surface area contributed by atoms with Gasteiger partial charge in [-0.25, -0.2) is 4.39 Å². The van der Waals surface area contributed by atoms with E-state index in [1.54, 1.807) is 24.5 Å². The summed E-state index contributed by atoms with van der Waals surface area (Å²) in [5, 5.41) is 10.1. The van der Waals surface area contributed by atoms with E-state index < -0.39 is 0 Å². The summed E-state index contributed by atoms with van der Waals surface area (Å²) in [6, 6.07) is 10.7. The van der Waals surface area contributed by atoms with E-state index in [4.69, 9.17) is 4.74 Å². The number of pyridine rings is 1. The SMILES string of the molecule is COc1ccc(-c2[nH]ncc2CN(Cc2ccccn2)C[C@@H]2CCC(=O)N2)c(F)c1. The number of rotatable bonds is 8. The van der Waals surface area contributed by atoms with E-state index >= 15 is 0 Å². The molecule has 1 aromatic carbocycles. The minimum Gasteiger partial charge on any atom is -0.497 e. The monoisotopic (exact) mass is 409 g/mol. The first-order valence-electron chi connectivity index (χ1n) is 9.90. The molecule has 0 radical (unpaired) electrons. The topological polar surface area (TPSA) is 83.1 Å². The number of nitrogens with zero attached hydrogens (tertiary/aromatic N) is 3. The molecule has 1 saturated heterocycles. The molecule has 0 unspecified atom stereocenters. The van der Waals surface area contributed by atoms with E-state index in [1.165, 1.54) is 13.2 Å². The van der Waals surface area contributed by atoms with Crippen LogP contribution in [0.1, 0.15) is 24.1 Å². The molecule has 1 aliphatic rings. The Balaban J connectivity index is 1.57. The number of hydrogen-bond acceptors (Lipinski definition) is 5. The predicted octanol–water partition coefficient (Wildman–Crippen LogP) is 2.90. The molecule has 2 aromatic heterocycles. The second-order valence-electron chi connectivity index (χ2n) is 7.41. The van der Waals surface area contributed by atoms with E-state index in [0.717, 1.165) is 17.7 Å². The Hall–Kier alpha value is -3.26. The molecule has 30 heavy (non-hydrogen) atoms. The average Bonchev–Trinajstić information content (AvgIpc) is 3.37. The van der Waals surface area contributed by atoms with Gasteiger partial charge in [-0.15, -0.1) is 0 Å². The minimum atomic E-state index is -0.376. The van der Waals surface area contributed by atoms with Gasteiger partial charge in [-0.3, -0.25) is 19.8 Å². The Morgan fingerprint density at radius 1 is 1.27 bits per heavy atom. The normalized spacial score (nSPS) is 16.1. The summed E-state index contributed by atoms with van der Waals surface area (Å²) >= 11 is 0. The van der Waals surface area contributed by atoms with Crippen molar-refractivity contribution < 1.29 is 13.9 Å². The molecule has 1 amide bonds. The van der Waals surface area contributed by atoms with Crippen LogP contribution in [0.2, 0.25) is 0 Å². The first-order valence-corrected chi connectivity index (χ1v) is 9.90. The summed E-state index contributed by atoms with van der Waals surface area (Å²) in [7, 11) is 1.51. The Morgan fingerprint density at radius 3 is 2.87 bits per heavy atom. The van der Waals surface area contributed by atoms with Crippen LogP contribution >= 0.6 is 0 Å². The van der Waals surface area contributed by atoms with Gasteiger partial charge in [0.15, 0.2) is 0 Å². The third kappa shape index (κ3) is 4.65. The highest BCUT2D eigenvalue weighted by atomic mass is 19.1. The summed E-state index contributed by atoms with van der Waals surface area (Å²) in [6.07, 6.45) is 4.84. The Bertz CT molecular complexity index is 1010. The van der Waals surface area contributed by atoms with Crippen molar-refractivity contribution in [1.82, 2.24) is 25.4 Å². The smallest absolute Gasteiger partial charge is 0.220 e. The van der Waals surface area contributed by atoms with Gasteiger partial charge in [-0.1, -0.05) is 6.07 Å². The van der Waals surface area contributed by atoms with Crippen LogP contribution in [0.4, 0.5) is 4.39 Å². The molecular weight excluding hydrogens is 385 g/mol. The van der Waals surface area contributed by atoms with Gasteiger partial charge in [-0.2, -0.15) is 5.10 Å². The molecule has 3 aromatic rings. The lowest BCUT2D eigenvalue weighted by Gasteiger charge is -2.25. The van der Waals surface area contributed by atoms with Crippen molar-refractivity contribution in [1.29, 1.82) is 0 Å². The van der Waals surface area contributed by atoms with Gasteiger partial charge in [0, 0.05) is 55.5 Å². The summed E-state index contributed by atoms with van der Waals surface area (Å²) in [6.45, 7) is 1.83. The zero-order chi connectivity index (χ0) is 20.9. The van der Waals surface area contributed by atoms with Crippen molar-refractivity contribution in [3.8, 4) is 17.0 Å². The molecule has 0 bridgehead atoms. The summed E-state index contributed by atoms with van der Waals surface area (Å²) < 4.78 is 19.7. The molecule has 0 saturated carbocycles. The van der Waals surface area contributed by atoms with E-state index in [-0.39, 0.29) is 17.8 Å². The minimum absolute atomic E-state index is 0.0853. The standard InChI is InChI=1S/C22H24FN5O2/c1-30-18-6-7-19(20(23)10-18)22-15(11-25-27-22)12-28(13-16-4-2-3-9-24-16)14-17-5-8-21(29)26-17/h2-4,6-7,9-11,17H,5,8,12-14H2,1H3,(H,25,27)(H,26,29)/t17-/m0/s1. The molecule has 3 heterocycles. The lowest BCUT2D eigenvalue weighted by Crippen LogP contribution is -2.38. The third-order valence-corrected chi connectivity index (χ3v) is 5.23. The van der Waals surface area contributed by atoms with Crippen LogP contribution in [-0.2, 0) is 17.9 Å². The number of aromatic amines is 1. The lowest BCUT2D eigenvalue weighted by atomic mass is 10.1. The number of methoxy groups -OCH3 is 1. The molecule has 0 aliphatic carbocycles. The first kappa shape index (κ1) is 20.0. The van der Waals surface area contributed by atoms with Crippen molar-refractivity contribution in [2.24, 2.45) is 0 Å². The van der Waals surface area contributed by atoms with E-state index in [0.29, 0.717) is 43.1 Å². The molecule has 4 rings (SSSR count). The predicted molar refractivity (Wildman–Crippen MR) is 110 cm³/mol. The second kappa shape index (κ2) is 9.04. The number of ether oxygens (including phenoxy) is 1. The number of halogens is 1. The van der Waals surface area contributed by atoms with Crippen molar-refractivity contribution in [2.75, 3.05) is 13.7 Å². The molecule has 0 spiro atoms. The van der Waals surface area contributed by atoms with Crippen LogP contribution in [0.3, 0.4) is 0 Å². The number of carbonyl (C=O) groups excluding carboxylic acids is 1. The molecule has 1 aliphatic heterocycles. The van der Waals surface area contributed by atoms with Crippen LogP contribution in [0.5, 0.6) is 5.75 Å². The number of aromatic nitrogens is 3. The number of hydrogen-bond donors (Lipinski definition) is 2. The number of carbonyl (C=O) groups is 1. The van der Waals surface area contributed by atoms with Crippen molar-refractivity contribution in [3.63, 3.8) is 0 Å². The lowest BCUT2D eigenvalue weighted by molar-refractivity contribution is -0.119. The molecule has 1 atom stereocenters. The number of benzene rings is 1. The van der Waals surface area contributed by atoms with Gasteiger partial charge < -0.3 is 10.1 Å². The highest BCUT2D eigenvalue weighted by Gasteiger charge is 2.24. The Kier molecular flexibility index (Phi) is 6.04. The van der Waals surface area contributed by atoms with Crippen molar-refractivity contribution in [2.45, 2.75) is 32.0 Å². The maximum Gasteiger partial charge on any atom is 0.220 e. The van der Waals surface area contributed by atoms with Crippen LogP contribution in [-0.4, -0.2) is 45.7 Å². The fourth-order valence-electron chi connectivity index (χ4n) is 3.76. The maximum atomic E-state index is 14.6. The molecule has 156 valence electrons. The highest BCUT2D eigenvalue weighted by molar-refractivity contribution is 5.78. The van der Waals surface area contributed by atoms with E-state index in [2.05, 4.69) is 25.4 Å². The molecule has 8 heteroatoms. The Morgan fingerprint density at radius 2 is 2.17 bits per heavy atom. The van der Waals surface area contributed by atoms with Gasteiger partial charge >= 0.3 is 0 Å². The zero-order valence-corrected chi connectivity index (χ0v) is 16.8. The second-order valence-corrected chi connectivity index (χ2v) is 7.41. The number of amides is 1. The van der Waals surface area contributed by atoms with Crippen LogP contribution in [0.15, 0.2) is 48.8 Å². The fourth-order valence-corrected chi connectivity index (χ4v) is 3.76. The van der Waals surface area contributed by atoms with Crippen LogP contribution in [0, 0.1) is 5.82 Å². The van der Waals surface area contributed by atoms with Gasteiger partial charge in [-0.05, 0) is 30.7 Å². The Labute approximate surface area is 174 Å². The quantitative estimate of drug-likeness (QED) is 0.598. The summed E-state index contributed by atoms with van der Waals surface area (Å²) in [4.78, 5) is 18.3. The fraction of sp³-hybridized carbons (Fsp3) is 0.318. The van der Waals surface area contributed by atoms with Gasteiger partial charge in [0.2, 0.25) is 5.91 Å². The van der Waals surface area contributed by atoms with Crippen molar-refractivity contribution in [3.05, 3.63) is 65.9 Å². The van der Waals surface area contributed by atoms with Crippen LogP contribution in [0.25, 0.3) is 11.3 Å². The van der Waals surface area contributed by atoms with E-state index in [1.807, 2.05) is 18.2 Å². The number of nitrogens with one attached hydrogen (secondary N) is 2. The zero-order valence-electron chi connectivity index (χ0n) is 16.8. The molecule has 7 nitrogen and oxygen atoms in total. The third-order valence-electron chi connectivity index (χ3n) is 5.23. The van der Waals surface area contributed by atoms with Gasteiger partial charge in [0.25, 0.3) is 0 Å². The maximum absolute atomic E-state index is 14.6. The summed E-state index contributed by atoms with van der Waals surface area (Å²) in [5.74, 6) is 0.173.